The Hall–Kier alpha value is -2.40. The van der Waals surface area contributed by atoms with Crippen molar-refractivity contribution in [3.63, 3.8) is 0 Å². The maximum absolute atomic E-state index is 11.1. The molecule has 21 heavy (non-hydrogen) atoms. The van der Waals surface area contributed by atoms with E-state index in [9.17, 15) is 4.79 Å². The summed E-state index contributed by atoms with van der Waals surface area (Å²) in [5.41, 5.74) is 1.74. The Bertz CT molecular complexity index is 751. The zero-order chi connectivity index (χ0) is 14.7. The summed E-state index contributed by atoms with van der Waals surface area (Å²) in [5, 5.41) is 4.06. The Morgan fingerprint density at radius 3 is 2.38 bits per heavy atom. The summed E-state index contributed by atoms with van der Waals surface area (Å²) in [6.07, 6.45) is 0. The molecule has 0 radical (unpaired) electrons. The lowest BCUT2D eigenvalue weighted by molar-refractivity contribution is -0.109. The molecule has 0 saturated carbocycles. The number of benzene rings is 2. The quantitative estimate of drug-likeness (QED) is 0.683. The summed E-state index contributed by atoms with van der Waals surface area (Å²) in [6.45, 7) is 1.55. The van der Waals surface area contributed by atoms with Crippen molar-refractivity contribution >= 4 is 16.9 Å². The van der Waals surface area contributed by atoms with E-state index in [1.807, 2.05) is 54.6 Å². The third kappa shape index (κ3) is 3.20. The zero-order valence-electron chi connectivity index (χ0n) is 11.3. The van der Waals surface area contributed by atoms with Gasteiger partial charge in [-0.25, -0.2) is 0 Å². The van der Waals surface area contributed by atoms with Gasteiger partial charge in [-0.3, -0.25) is 4.79 Å². The fourth-order valence-corrected chi connectivity index (χ4v) is 2.48. The number of carbonyl (C=O) groups is 1. The van der Waals surface area contributed by atoms with E-state index in [1.165, 1.54) is 11.8 Å². The molecule has 0 N–H and O–H groups in total. The predicted octanol–water partition coefficient (Wildman–Crippen LogP) is 4.04. The second kappa shape index (κ2) is 5.93. The summed E-state index contributed by atoms with van der Waals surface area (Å²) in [4.78, 5) is 16.3. The number of rotatable bonds is 3. The molecular formula is C16H12N2O2S. The molecule has 0 aliphatic rings. The van der Waals surface area contributed by atoms with Crippen LogP contribution in [0, 0.1) is 0 Å². The molecule has 0 unspecified atom stereocenters. The van der Waals surface area contributed by atoms with Crippen LogP contribution in [0.2, 0.25) is 0 Å². The fourth-order valence-electron chi connectivity index (χ4n) is 1.88. The first-order chi connectivity index (χ1) is 10.2. The van der Waals surface area contributed by atoms with Crippen molar-refractivity contribution in [2.45, 2.75) is 11.8 Å². The van der Waals surface area contributed by atoms with Crippen LogP contribution in [0.1, 0.15) is 6.92 Å². The van der Waals surface area contributed by atoms with Crippen LogP contribution in [0.4, 0.5) is 0 Å². The number of hydrogen-bond acceptors (Lipinski definition) is 5. The maximum atomic E-state index is 11.1. The monoisotopic (exact) mass is 296 g/mol. The molecule has 1 heterocycles. The lowest BCUT2D eigenvalue weighted by Crippen LogP contribution is -1.83. The van der Waals surface area contributed by atoms with E-state index >= 15 is 0 Å². The smallest absolute Gasteiger partial charge is 0.258 e. The highest BCUT2D eigenvalue weighted by molar-refractivity contribution is 8.13. The van der Waals surface area contributed by atoms with Gasteiger partial charge in [0.05, 0.1) is 0 Å². The SMILES string of the molecule is CC(=O)Sc1ccc(-c2noc(-c3ccccc3)n2)cc1. The lowest BCUT2D eigenvalue weighted by Gasteiger charge is -1.98. The molecule has 0 saturated heterocycles. The van der Waals surface area contributed by atoms with E-state index in [0.717, 1.165) is 16.0 Å². The van der Waals surface area contributed by atoms with Crippen LogP contribution in [0.25, 0.3) is 22.8 Å². The van der Waals surface area contributed by atoms with Crippen LogP contribution in [0.5, 0.6) is 0 Å². The summed E-state index contributed by atoms with van der Waals surface area (Å²) >= 11 is 1.20. The summed E-state index contributed by atoms with van der Waals surface area (Å²) < 4.78 is 5.28. The molecule has 0 bridgehead atoms. The van der Waals surface area contributed by atoms with E-state index in [1.54, 1.807) is 6.92 Å². The van der Waals surface area contributed by atoms with Crippen molar-refractivity contribution in [2.75, 3.05) is 0 Å². The molecule has 2 aromatic carbocycles. The third-order valence-corrected chi connectivity index (χ3v) is 3.62. The van der Waals surface area contributed by atoms with Gasteiger partial charge in [-0.1, -0.05) is 35.1 Å². The average molecular weight is 296 g/mol. The van der Waals surface area contributed by atoms with Gasteiger partial charge in [-0.15, -0.1) is 0 Å². The minimum atomic E-state index is 0.0636. The molecule has 4 nitrogen and oxygen atoms in total. The number of hydrogen-bond donors (Lipinski definition) is 0. The number of thioether (sulfide) groups is 1. The summed E-state index contributed by atoms with van der Waals surface area (Å²) in [7, 11) is 0. The van der Waals surface area contributed by atoms with Crippen LogP contribution >= 0.6 is 11.8 Å². The van der Waals surface area contributed by atoms with Gasteiger partial charge >= 0.3 is 0 Å². The summed E-state index contributed by atoms with van der Waals surface area (Å²) in [6, 6.07) is 17.1. The van der Waals surface area contributed by atoms with Crippen molar-refractivity contribution in [1.82, 2.24) is 10.1 Å². The van der Waals surface area contributed by atoms with Crippen molar-refractivity contribution in [3.05, 3.63) is 54.6 Å². The highest BCUT2D eigenvalue weighted by atomic mass is 32.2. The minimum Gasteiger partial charge on any atom is -0.334 e. The highest BCUT2D eigenvalue weighted by Crippen LogP contribution is 2.25. The Labute approximate surface area is 126 Å². The Kier molecular flexibility index (Phi) is 3.83. The first kappa shape index (κ1) is 13.6. The normalized spacial score (nSPS) is 10.5. The van der Waals surface area contributed by atoms with Crippen molar-refractivity contribution in [2.24, 2.45) is 0 Å². The van der Waals surface area contributed by atoms with E-state index in [0.29, 0.717) is 11.7 Å². The van der Waals surface area contributed by atoms with E-state index in [-0.39, 0.29) is 5.12 Å². The molecule has 3 rings (SSSR count). The fraction of sp³-hybridized carbons (Fsp3) is 0.0625. The van der Waals surface area contributed by atoms with Gasteiger partial charge in [0, 0.05) is 22.9 Å². The third-order valence-electron chi connectivity index (χ3n) is 2.82. The van der Waals surface area contributed by atoms with E-state index in [2.05, 4.69) is 10.1 Å². The van der Waals surface area contributed by atoms with Crippen molar-refractivity contribution in [3.8, 4) is 22.8 Å². The van der Waals surface area contributed by atoms with Crippen LogP contribution in [-0.2, 0) is 4.79 Å². The molecule has 0 spiro atoms. The van der Waals surface area contributed by atoms with Crippen LogP contribution < -0.4 is 0 Å². The molecular weight excluding hydrogens is 284 g/mol. The van der Waals surface area contributed by atoms with Gasteiger partial charge in [-0.05, 0) is 36.4 Å². The number of nitrogens with zero attached hydrogens (tertiary/aromatic N) is 2. The lowest BCUT2D eigenvalue weighted by atomic mass is 10.2. The number of aromatic nitrogens is 2. The topological polar surface area (TPSA) is 56.0 Å². The predicted molar refractivity (Wildman–Crippen MR) is 81.7 cm³/mol. The van der Waals surface area contributed by atoms with Crippen LogP contribution in [0.3, 0.4) is 0 Å². The molecule has 104 valence electrons. The van der Waals surface area contributed by atoms with Crippen LogP contribution in [0.15, 0.2) is 64.0 Å². The summed E-state index contributed by atoms with van der Waals surface area (Å²) in [5.74, 6) is 1.03. The first-order valence-corrected chi connectivity index (χ1v) is 7.22. The largest absolute Gasteiger partial charge is 0.334 e. The molecule has 1 aromatic heterocycles. The Balaban J connectivity index is 1.85. The van der Waals surface area contributed by atoms with Gasteiger partial charge in [0.15, 0.2) is 5.12 Å². The van der Waals surface area contributed by atoms with Gasteiger partial charge in [0.1, 0.15) is 0 Å². The second-order valence-corrected chi connectivity index (χ2v) is 5.66. The molecule has 5 heteroatoms. The van der Waals surface area contributed by atoms with E-state index in [4.69, 9.17) is 4.52 Å². The minimum absolute atomic E-state index is 0.0636. The molecule has 0 atom stereocenters. The average Bonchev–Trinajstić information content (AvgIpc) is 2.98. The molecule has 3 aromatic rings. The van der Waals surface area contributed by atoms with Gasteiger partial charge < -0.3 is 4.52 Å². The van der Waals surface area contributed by atoms with Gasteiger partial charge in [-0.2, -0.15) is 4.98 Å². The molecule has 0 fully saturated rings. The molecule has 0 aliphatic heterocycles. The molecule has 0 amide bonds. The maximum Gasteiger partial charge on any atom is 0.258 e. The highest BCUT2D eigenvalue weighted by Gasteiger charge is 2.10. The second-order valence-electron chi connectivity index (χ2n) is 4.41. The zero-order valence-corrected chi connectivity index (χ0v) is 12.1. The van der Waals surface area contributed by atoms with Crippen molar-refractivity contribution in [1.29, 1.82) is 0 Å². The first-order valence-electron chi connectivity index (χ1n) is 6.40. The van der Waals surface area contributed by atoms with Gasteiger partial charge in [0.2, 0.25) is 5.82 Å². The Morgan fingerprint density at radius 1 is 1.00 bits per heavy atom. The standard InChI is InChI=1S/C16H12N2O2S/c1-11(19)21-14-9-7-12(8-10-14)15-17-16(20-18-15)13-5-3-2-4-6-13/h2-10H,1H3. The van der Waals surface area contributed by atoms with E-state index < -0.39 is 0 Å². The number of carbonyl (C=O) groups excluding carboxylic acids is 1. The van der Waals surface area contributed by atoms with Crippen LogP contribution in [-0.4, -0.2) is 15.3 Å². The molecule has 0 aliphatic carbocycles. The van der Waals surface area contributed by atoms with Crippen molar-refractivity contribution < 1.29 is 9.32 Å². The van der Waals surface area contributed by atoms with Gasteiger partial charge in [0.25, 0.3) is 5.89 Å². The Morgan fingerprint density at radius 2 is 1.71 bits per heavy atom.